The molecule has 3 fully saturated rings. The summed E-state index contributed by atoms with van der Waals surface area (Å²) >= 11 is 6.32. The van der Waals surface area contributed by atoms with Crippen molar-refractivity contribution in [1.29, 1.82) is 0 Å². The molecule has 406 valence electrons. The molecule has 15 nitrogen and oxygen atoms in total. The molecule has 2 aliphatic carbocycles. The lowest BCUT2D eigenvalue weighted by molar-refractivity contribution is -0.141. The van der Waals surface area contributed by atoms with Crippen molar-refractivity contribution in [3.63, 3.8) is 0 Å². The maximum Gasteiger partial charge on any atom is 0.416 e. The van der Waals surface area contributed by atoms with E-state index >= 15 is 0 Å². The first kappa shape index (κ1) is 57.4. The molecule has 6 atom stereocenters. The Bertz CT molecular complexity index is 2780. The van der Waals surface area contributed by atoms with Crippen LogP contribution >= 0.6 is 11.6 Å². The molecule has 0 radical (unpaired) electrons. The van der Waals surface area contributed by atoms with Crippen molar-refractivity contribution >= 4 is 62.8 Å². The standard InChI is InChI=1S/C36H42ClF4N5O7S.C13H15F4NO2/c1-5-20-15-35(20,32(49)44-54(51,52)25-9-10-25)43-30(47)28-14-24(53-33(50)45-16-19-7-6-8-27(37)26(19)18-45)17-46(28)31(48)29(34(2,3)4)42-23-12-21(36(39,40)41)11-22(38)13-23;1-12(2,3)10(11(19)20)18-9-5-7(13(15,16)17)4-8(14)6-9/h6-8,11-13,20,24-25,28-29,42H,5,9-10,14-18H2,1-4H3,(H,43,47)(H,44,49);4-6,10,18H,1-3H3,(H,19,20)/t20-,24-,28+,29-,35-;10-/m11/s1. The number of hydrogen-bond acceptors (Lipinski definition) is 10. The van der Waals surface area contributed by atoms with E-state index in [1.54, 1.807) is 60.6 Å². The van der Waals surface area contributed by atoms with Crippen LogP contribution in [0.25, 0.3) is 0 Å². The Kier molecular flexibility index (Phi) is 16.3. The molecule has 4 amide bonds. The van der Waals surface area contributed by atoms with Gasteiger partial charge in [-0.25, -0.2) is 26.8 Å². The number of halogens is 9. The van der Waals surface area contributed by atoms with Gasteiger partial charge in [0.05, 0.1) is 29.5 Å². The summed E-state index contributed by atoms with van der Waals surface area (Å²) in [6.45, 7) is 11.6. The molecule has 2 heterocycles. The topological polar surface area (TPSA) is 204 Å². The highest BCUT2D eigenvalue weighted by Crippen LogP contribution is 2.47. The number of likely N-dealkylation sites (tertiary alicyclic amines) is 1. The zero-order chi connectivity index (χ0) is 55.3. The van der Waals surface area contributed by atoms with Crippen LogP contribution in [0.2, 0.25) is 5.02 Å². The zero-order valence-electron chi connectivity index (χ0n) is 41.2. The number of carboxylic acids is 1. The third kappa shape index (κ3) is 13.5. The molecule has 5 N–H and O–H groups in total. The first-order valence-corrected chi connectivity index (χ1v) is 25.4. The van der Waals surface area contributed by atoms with E-state index in [1.807, 2.05) is 6.07 Å². The Morgan fingerprint density at radius 3 is 1.82 bits per heavy atom. The van der Waals surface area contributed by atoms with Crippen molar-refractivity contribution in [2.75, 3.05) is 17.2 Å². The fraction of sp³-hybridized carbons (Fsp3) is 0.531. The summed E-state index contributed by atoms with van der Waals surface area (Å²) in [6.07, 6.45) is -10.2. The lowest BCUT2D eigenvalue weighted by Crippen LogP contribution is -2.58. The predicted octanol–water partition coefficient (Wildman–Crippen LogP) is 9.10. The second-order valence-corrected chi connectivity index (χ2v) is 23.5. The number of benzene rings is 3. The molecule has 1 saturated heterocycles. The average molecular weight is 1090 g/mol. The van der Waals surface area contributed by atoms with Gasteiger partial charge in [0.25, 0.3) is 5.91 Å². The highest BCUT2D eigenvalue weighted by Gasteiger charge is 2.62. The van der Waals surface area contributed by atoms with E-state index in [0.29, 0.717) is 48.6 Å². The number of hydrogen-bond donors (Lipinski definition) is 5. The van der Waals surface area contributed by atoms with Gasteiger partial charge in [-0.05, 0) is 89.6 Å². The van der Waals surface area contributed by atoms with Gasteiger partial charge in [0.2, 0.25) is 21.8 Å². The number of carbonyl (C=O) groups excluding carboxylic acids is 4. The number of aliphatic carboxylic acids is 1. The van der Waals surface area contributed by atoms with E-state index in [9.17, 15) is 67.5 Å². The fourth-order valence-corrected chi connectivity index (χ4v) is 10.5. The summed E-state index contributed by atoms with van der Waals surface area (Å²) in [5.74, 6) is -6.37. The Morgan fingerprint density at radius 1 is 0.824 bits per heavy atom. The second-order valence-electron chi connectivity index (χ2n) is 21.1. The molecule has 74 heavy (non-hydrogen) atoms. The minimum absolute atomic E-state index is 0.145. The first-order chi connectivity index (χ1) is 34.0. The summed E-state index contributed by atoms with van der Waals surface area (Å²) in [5.41, 5.74) is -4.77. The predicted molar refractivity (Wildman–Crippen MR) is 255 cm³/mol. The number of fused-ring (bicyclic) bond motifs is 1. The Hall–Kier alpha value is -5.91. The number of amides is 4. The fourth-order valence-electron chi connectivity index (χ4n) is 8.87. The Labute approximate surface area is 427 Å². The van der Waals surface area contributed by atoms with Crippen LogP contribution in [-0.4, -0.2) is 94.7 Å². The number of ether oxygens (including phenoxy) is 1. The maximum absolute atomic E-state index is 14.5. The quantitative estimate of drug-likeness (QED) is 0.102. The normalized spacial score (nSPS) is 21.6. The van der Waals surface area contributed by atoms with Crippen LogP contribution in [0.4, 0.5) is 51.3 Å². The first-order valence-electron chi connectivity index (χ1n) is 23.5. The maximum atomic E-state index is 14.5. The number of nitrogens with zero attached hydrogens (tertiary/aromatic N) is 2. The van der Waals surface area contributed by atoms with Gasteiger partial charge in [0.15, 0.2) is 0 Å². The smallest absolute Gasteiger partial charge is 0.416 e. The number of carbonyl (C=O) groups is 5. The third-order valence-electron chi connectivity index (χ3n) is 13.1. The van der Waals surface area contributed by atoms with E-state index < -0.39 is 127 Å². The lowest BCUT2D eigenvalue weighted by Gasteiger charge is -2.36. The molecule has 0 aromatic heterocycles. The van der Waals surface area contributed by atoms with Crippen LogP contribution in [-0.2, 0) is 59.4 Å². The van der Waals surface area contributed by atoms with Gasteiger partial charge in [0, 0.05) is 29.4 Å². The van der Waals surface area contributed by atoms with Crippen molar-refractivity contribution < 1.29 is 77.4 Å². The van der Waals surface area contributed by atoms with Gasteiger partial charge in [0.1, 0.15) is 41.4 Å². The molecular formula is C49H57ClF8N6O9S. The van der Waals surface area contributed by atoms with Crippen molar-refractivity contribution in [3.8, 4) is 0 Å². The van der Waals surface area contributed by atoms with E-state index in [1.165, 1.54) is 4.90 Å². The minimum atomic E-state index is -4.88. The minimum Gasteiger partial charge on any atom is -0.480 e. The highest BCUT2D eigenvalue weighted by atomic mass is 35.5. The van der Waals surface area contributed by atoms with Crippen molar-refractivity contribution in [3.05, 3.63) is 93.5 Å². The molecule has 7 rings (SSSR count). The van der Waals surface area contributed by atoms with Gasteiger partial charge in [-0.3, -0.25) is 24.0 Å². The number of anilines is 2. The van der Waals surface area contributed by atoms with Crippen LogP contribution < -0.4 is 20.7 Å². The lowest BCUT2D eigenvalue weighted by atomic mass is 9.85. The van der Waals surface area contributed by atoms with Gasteiger partial charge in [-0.15, -0.1) is 0 Å². The molecular weight excluding hydrogens is 1040 g/mol. The van der Waals surface area contributed by atoms with E-state index in [-0.39, 0.29) is 43.9 Å². The number of alkyl halides is 6. The SMILES string of the molecule is CC(C)(C)[C@H](Nc1cc(F)cc(C(F)(F)F)c1)C(=O)O.CC[C@@H]1C[C@]1(NC(=O)[C@@H]1C[C@@H](OC(=O)N2Cc3cccc(Cl)c3C2)CN1C(=O)[C@@H](Nc1cc(F)cc(C(F)(F)F)c1)C(C)(C)C)C(=O)NS(=O)(=O)C1CC1. The van der Waals surface area contributed by atoms with Crippen molar-refractivity contribution in [1.82, 2.24) is 19.8 Å². The van der Waals surface area contributed by atoms with E-state index in [4.69, 9.17) is 21.4 Å². The van der Waals surface area contributed by atoms with Crippen LogP contribution in [0, 0.1) is 28.4 Å². The van der Waals surface area contributed by atoms with Crippen LogP contribution in [0.15, 0.2) is 54.6 Å². The molecule has 3 aromatic rings. The number of nitrogens with one attached hydrogen (secondary N) is 4. The monoisotopic (exact) mass is 1090 g/mol. The number of sulfonamides is 1. The second kappa shape index (κ2) is 21.0. The molecule has 0 bridgehead atoms. The van der Waals surface area contributed by atoms with Crippen LogP contribution in [0.1, 0.15) is 103 Å². The van der Waals surface area contributed by atoms with Crippen molar-refractivity contribution in [2.24, 2.45) is 16.7 Å². The Morgan fingerprint density at radius 2 is 1.36 bits per heavy atom. The third-order valence-corrected chi connectivity index (χ3v) is 15.3. The molecule has 4 aliphatic rings. The van der Waals surface area contributed by atoms with Gasteiger partial charge >= 0.3 is 24.4 Å². The highest BCUT2D eigenvalue weighted by molar-refractivity contribution is 7.91. The Balaban J connectivity index is 0.000000375. The molecule has 2 aliphatic heterocycles. The molecule has 0 spiro atoms. The molecule has 3 aromatic carbocycles. The van der Waals surface area contributed by atoms with E-state index in [0.717, 1.165) is 28.2 Å². The summed E-state index contributed by atoms with van der Waals surface area (Å²) in [7, 11) is -3.96. The largest absolute Gasteiger partial charge is 0.480 e. The van der Waals surface area contributed by atoms with Gasteiger partial charge in [-0.1, -0.05) is 78.6 Å². The summed E-state index contributed by atoms with van der Waals surface area (Å²) < 4.78 is 139. The van der Waals surface area contributed by atoms with Gasteiger partial charge < -0.3 is 30.7 Å². The zero-order valence-corrected chi connectivity index (χ0v) is 42.8. The van der Waals surface area contributed by atoms with Crippen molar-refractivity contribution in [2.45, 2.75) is 141 Å². The van der Waals surface area contributed by atoms with Crippen LogP contribution in [0.3, 0.4) is 0 Å². The number of carboxylic acid groups (broad SMARTS) is 1. The van der Waals surface area contributed by atoms with E-state index in [2.05, 4.69) is 20.7 Å². The summed E-state index contributed by atoms with van der Waals surface area (Å²) in [5, 5.41) is 16.8. The molecule has 0 unspecified atom stereocenters. The van der Waals surface area contributed by atoms with Gasteiger partial charge in [-0.2, -0.15) is 26.3 Å². The molecule has 25 heteroatoms. The number of rotatable bonds is 13. The van der Waals surface area contributed by atoms with Crippen LogP contribution in [0.5, 0.6) is 0 Å². The average Bonchev–Trinajstić information content (AvgIpc) is 4.16. The summed E-state index contributed by atoms with van der Waals surface area (Å²) in [6, 6.07) is 5.14. The summed E-state index contributed by atoms with van der Waals surface area (Å²) in [4.78, 5) is 69.3. The molecule has 2 saturated carbocycles.